The number of hydrogen-bond donors (Lipinski definition) is 1. The molecule has 1 N–H and O–H groups in total. The number of pyridine rings is 1. The lowest BCUT2D eigenvalue weighted by Gasteiger charge is -2.22. The number of phenols is 1. The summed E-state index contributed by atoms with van der Waals surface area (Å²) < 4.78 is 97.0. The average Bonchev–Trinajstić information content (AvgIpc) is 3.64. The van der Waals surface area contributed by atoms with Crippen molar-refractivity contribution in [1.82, 2.24) is 14.5 Å². The molecule has 0 aliphatic carbocycles. The zero-order chi connectivity index (χ0) is 46.3. The van der Waals surface area contributed by atoms with E-state index in [0.717, 1.165) is 16.7 Å². The van der Waals surface area contributed by atoms with Gasteiger partial charge in [-0.15, -0.1) is 0 Å². The Hall–Kier alpha value is -6.26. The zero-order valence-corrected chi connectivity index (χ0v) is 30.0. The van der Waals surface area contributed by atoms with E-state index >= 15 is 0 Å². The molecule has 2 heterocycles. The lowest BCUT2D eigenvalue weighted by atomic mass is 9.83. The Morgan fingerprint density at radius 1 is 0.679 bits per heavy atom. The van der Waals surface area contributed by atoms with E-state index in [9.17, 15) is 6.48 Å². The number of benzene rings is 6. The fourth-order valence-electron chi connectivity index (χ4n) is 6.74. The van der Waals surface area contributed by atoms with E-state index in [-0.39, 0.29) is 34.2 Å². The van der Waals surface area contributed by atoms with Crippen LogP contribution in [-0.4, -0.2) is 19.6 Å². The summed E-state index contributed by atoms with van der Waals surface area (Å²) in [6.45, 7) is 7.17. The van der Waals surface area contributed by atoms with Crippen LogP contribution < -0.4 is 0 Å². The van der Waals surface area contributed by atoms with Crippen LogP contribution in [0.5, 0.6) is 5.75 Å². The molecule has 0 aliphatic rings. The van der Waals surface area contributed by atoms with Gasteiger partial charge in [0.1, 0.15) is 11.6 Å². The van der Waals surface area contributed by atoms with Crippen LogP contribution in [-0.2, 0) is 5.41 Å². The molecule has 0 spiro atoms. The van der Waals surface area contributed by atoms with Crippen molar-refractivity contribution in [3.05, 3.63) is 168 Å². The predicted molar refractivity (Wildman–Crippen MR) is 221 cm³/mol. The fourth-order valence-corrected chi connectivity index (χ4v) is 6.74. The molecule has 0 bridgehead atoms. The molecule has 0 amide bonds. The van der Waals surface area contributed by atoms with Gasteiger partial charge in [0.05, 0.1) is 38.9 Å². The first-order valence-electron chi connectivity index (χ1n) is 22.8. The SMILES string of the molecule is [2H]c1nc(-c2cc(-c3cccc4c3nc(-c3cc(C)cc(C)c3O)n4-c3ccc(-c4ccccc4)cc3C([2H])([2H])[2H])cc(C(C)(C)C)c2)c([2H])c(-c2c([2H])c([2H])c([2H])c([2H])c2[2H])c1[2H]. The third-order valence-corrected chi connectivity index (χ3v) is 9.44. The van der Waals surface area contributed by atoms with Crippen molar-refractivity contribution in [3.8, 4) is 67.5 Å². The molecule has 0 aliphatic heterocycles. The van der Waals surface area contributed by atoms with Crippen molar-refractivity contribution in [1.29, 1.82) is 0 Å². The van der Waals surface area contributed by atoms with Gasteiger partial charge in [-0.3, -0.25) is 9.55 Å². The molecule has 0 unspecified atom stereocenters. The largest absolute Gasteiger partial charge is 0.507 e. The number of fused-ring (bicyclic) bond motifs is 1. The number of para-hydroxylation sites is 1. The van der Waals surface area contributed by atoms with E-state index in [1.54, 1.807) is 29.7 Å². The number of aromatic nitrogens is 3. The first-order valence-corrected chi connectivity index (χ1v) is 17.3. The van der Waals surface area contributed by atoms with Crippen molar-refractivity contribution in [2.75, 3.05) is 0 Å². The van der Waals surface area contributed by atoms with Gasteiger partial charge in [0.25, 0.3) is 0 Å². The molecule has 4 nitrogen and oxygen atoms in total. The number of imidazole rings is 1. The monoisotopic (exact) mass is 700 g/mol. The molecule has 8 aromatic rings. The highest BCUT2D eigenvalue weighted by molar-refractivity contribution is 5.97. The minimum absolute atomic E-state index is 0.00920. The average molecular weight is 701 g/mol. The number of aromatic hydroxyl groups is 1. The van der Waals surface area contributed by atoms with Crippen molar-refractivity contribution in [2.45, 2.75) is 46.9 Å². The summed E-state index contributed by atoms with van der Waals surface area (Å²) in [5, 5.41) is 11.6. The van der Waals surface area contributed by atoms with Crippen molar-refractivity contribution in [2.24, 2.45) is 0 Å². The molecule has 6 aromatic carbocycles. The molecule has 0 saturated carbocycles. The summed E-state index contributed by atoms with van der Waals surface area (Å²) >= 11 is 0. The fraction of sp³-hybridized carbons (Fsp3) is 0.143. The highest BCUT2D eigenvalue weighted by Crippen LogP contribution is 2.41. The lowest BCUT2D eigenvalue weighted by Crippen LogP contribution is -2.11. The molecule has 8 rings (SSSR count). The maximum Gasteiger partial charge on any atom is 0.149 e. The molecular formula is C49H43N3O. The van der Waals surface area contributed by atoms with Gasteiger partial charge in [0.2, 0.25) is 0 Å². The molecule has 4 heteroatoms. The second-order valence-corrected chi connectivity index (χ2v) is 14.3. The van der Waals surface area contributed by atoms with Crippen molar-refractivity contribution < 1.29 is 20.2 Å². The summed E-state index contributed by atoms with van der Waals surface area (Å²) in [6, 6.07) is 25.6. The van der Waals surface area contributed by atoms with E-state index in [0.29, 0.717) is 55.9 Å². The number of rotatable bonds is 6. The summed E-state index contributed by atoms with van der Waals surface area (Å²) in [7, 11) is 0. The van der Waals surface area contributed by atoms with Gasteiger partial charge in [-0.25, -0.2) is 4.98 Å². The van der Waals surface area contributed by atoms with Crippen LogP contribution in [0.4, 0.5) is 0 Å². The standard InChI is InChI=1S/C49H43N3O/c1-31-24-33(3)47(53)42(25-31)48-51-46-41(18-13-19-45(46)52(48)44-21-20-36(26-32(44)2)34-14-9-7-10-15-34)38-27-39(29-40(28-38)49(4,5)6)43-30-37(22-23-50-43)35-16-11-8-12-17-35/h7-30,53H,1-6H3/i2D3,8D,11D,12D,16D,17D,22D,23D,30D. The summed E-state index contributed by atoms with van der Waals surface area (Å²) in [6.07, 6.45) is -0.544. The minimum Gasteiger partial charge on any atom is -0.507 e. The predicted octanol–water partition coefficient (Wildman–Crippen LogP) is 12.7. The maximum absolute atomic E-state index is 11.6. The Morgan fingerprint density at radius 3 is 2.25 bits per heavy atom. The van der Waals surface area contributed by atoms with E-state index in [1.807, 2.05) is 107 Å². The molecular weight excluding hydrogens is 647 g/mol. The van der Waals surface area contributed by atoms with Gasteiger partial charge < -0.3 is 5.11 Å². The van der Waals surface area contributed by atoms with Gasteiger partial charge in [-0.1, -0.05) is 112 Å². The zero-order valence-electron chi connectivity index (χ0n) is 41.0. The van der Waals surface area contributed by atoms with Crippen LogP contribution >= 0.6 is 0 Å². The third kappa shape index (κ3) is 6.42. The molecule has 53 heavy (non-hydrogen) atoms. The lowest BCUT2D eigenvalue weighted by molar-refractivity contribution is 0.472. The molecule has 0 fully saturated rings. The van der Waals surface area contributed by atoms with Gasteiger partial charge in [-0.05, 0) is 125 Å². The topological polar surface area (TPSA) is 50.9 Å². The van der Waals surface area contributed by atoms with Crippen LogP contribution in [0, 0.1) is 20.7 Å². The van der Waals surface area contributed by atoms with Gasteiger partial charge in [-0.2, -0.15) is 0 Å². The summed E-state index contributed by atoms with van der Waals surface area (Å²) in [5.74, 6) is 0.297. The minimum atomic E-state index is -2.56. The number of aryl methyl sites for hydroxylation is 3. The number of phenolic OH excluding ortho intramolecular Hbond substituents is 1. The van der Waals surface area contributed by atoms with Crippen LogP contribution in [0.15, 0.2) is 146 Å². The molecule has 2 aromatic heterocycles. The Labute approximate surface area is 327 Å². The summed E-state index contributed by atoms with van der Waals surface area (Å²) in [5.41, 5.74) is 6.09. The molecule has 0 atom stereocenters. The maximum atomic E-state index is 11.6. The van der Waals surface area contributed by atoms with Crippen molar-refractivity contribution in [3.63, 3.8) is 0 Å². The smallest absolute Gasteiger partial charge is 0.149 e. The Morgan fingerprint density at radius 2 is 1.47 bits per heavy atom. The van der Waals surface area contributed by atoms with Crippen LogP contribution in [0.3, 0.4) is 0 Å². The van der Waals surface area contributed by atoms with Gasteiger partial charge in [0.15, 0.2) is 0 Å². The Bertz CT molecular complexity index is 3180. The van der Waals surface area contributed by atoms with E-state index < -0.39 is 54.7 Å². The van der Waals surface area contributed by atoms with E-state index in [1.165, 1.54) is 0 Å². The van der Waals surface area contributed by atoms with E-state index in [4.69, 9.17) is 18.7 Å². The first kappa shape index (κ1) is 23.3. The number of nitrogens with zero attached hydrogens (tertiary/aromatic N) is 3. The number of hydrogen-bond acceptors (Lipinski definition) is 3. The second-order valence-electron chi connectivity index (χ2n) is 14.3. The molecule has 0 radical (unpaired) electrons. The highest BCUT2D eigenvalue weighted by Gasteiger charge is 2.23. The normalized spacial score (nSPS) is 14.8. The first-order chi connectivity index (χ1) is 30.1. The second kappa shape index (κ2) is 13.4. The highest BCUT2D eigenvalue weighted by atomic mass is 16.3. The van der Waals surface area contributed by atoms with E-state index in [2.05, 4.69) is 4.98 Å². The van der Waals surface area contributed by atoms with Crippen LogP contribution in [0.25, 0.3) is 72.7 Å². The van der Waals surface area contributed by atoms with Gasteiger partial charge in [0, 0.05) is 21.4 Å². The van der Waals surface area contributed by atoms with Crippen LogP contribution in [0.1, 0.15) is 58.1 Å². The molecule has 260 valence electrons. The van der Waals surface area contributed by atoms with Gasteiger partial charge >= 0.3 is 0 Å². The quantitative estimate of drug-likeness (QED) is 0.188. The third-order valence-electron chi connectivity index (χ3n) is 9.44. The van der Waals surface area contributed by atoms with Crippen molar-refractivity contribution >= 4 is 11.0 Å². The Kier molecular flexibility index (Phi) is 5.89. The van der Waals surface area contributed by atoms with Crippen LogP contribution in [0.2, 0.25) is 0 Å². The molecule has 0 saturated heterocycles. The summed E-state index contributed by atoms with van der Waals surface area (Å²) in [4.78, 5) is 9.63. The Balaban J connectivity index is 1.44.